The van der Waals surface area contributed by atoms with Gasteiger partial charge in [-0.05, 0) is 36.8 Å². The van der Waals surface area contributed by atoms with Crippen LogP contribution in [0.25, 0.3) is 11.3 Å². The van der Waals surface area contributed by atoms with Crippen molar-refractivity contribution in [3.63, 3.8) is 0 Å². The number of H-pyrrole nitrogens is 1. The Labute approximate surface area is 145 Å². The molecule has 1 atom stereocenters. The Balaban J connectivity index is 1.47. The standard InChI is InChI=1S/C18H19N5O2/c1-25-15-4-2-13(3-5-15)16-10-17(21-20-16)18(24)22-8-6-14(11-22)23-9-7-19-12-23/h2-5,7,9-10,12,14H,6,8,11H2,1H3,(H,20,21)/t14-/m0/s1. The van der Waals surface area contributed by atoms with E-state index in [0.29, 0.717) is 12.2 Å². The minimum atomic E-state index is -0.0186. The van der Waals surface area contributed by atoms with Crippen molar-refractivity contribution in [2.24, 2.45) is 0 Å². The lowest BCUT2D eigenvalue weighted by atomic mass is 10.1. The maximum atomic E-state index is 12.7. The molecule has 128 valence electrons. The maximum absolute atomic E-state index is 12.7. The number of aromatic nitrogens is 4. The largest absolute Gasteiger partial charge is 0.497 e. The molecule has 7 nitrogen and oxygen atoms in total. The van der Waals surface area contributed by atoms with Gasteiger partial charge in [0, 0.05) is 31.0 Å². The fourth-order valence-electron chi connectivity index (χ4n) is 3.17. The van der Waals surface area contributed by atoms with E-state index in [1.54, 1.807) is 25.7 Å². The molecule has 1 aliphatic heterocycles. The van der Waals surface area contributed by atoms with Gasteiger partial charge in [-0.15, -0.1) is 0 Å². The number of rotatable bonds is 4. The number of ether oxygens (including phenoxy) is 1. The maximum Gasteiger partial charge on any atom is 0.271 e. The Morgan fingerprint density at radius 2 is 2.16 bits per heavy atom. The summed E-state index contributed by atoms with van der Waals surface area (Å²) in [5.41, 5.74) is 2.20. The van der Waals surface area contributed by atoms with E-state index in [1.807, 2.05) is 35.4 Å². The first-order chi connectivity index (χ1) is 12.2. The molecule has 0 spiro atoms. The lowest BCUT2D eigenvalue weighted by Crippen LogP contribution is -2.29. The number of hydrogen-bond acceptors (Lipinski definition) is 4. The average Bonchev–Trinajstić information content (AvgIpc) is 3.42. The number of carbonyl (C=O) groups excluding carboxylic acids is 1. The third-order valence-corrected chi connectivity index (χ3v) is 4.59. The number of hydrogen-bond donors (Lipinski definition) is 1. The van der Waals surface area contributed by atoms with Gasteiger partial charge in [0.25, 0.3) is 5.91 Å². The van der Waals surface area contributed by atoms with Crippen molar-refractivity contribution in [2.45, 2.75) is 12.5 Å². The van der Waals surface area contributed by atoms with Gasteiger partial charge in [0.05, 0.1) is 25.2 Å². The molecule has 25 heavy (non-hydrogen) atoms. The van der Waals surface area contributed by atoms with Gasteiger partial charge in [-0.3, -0.25) is 9.89 Å². The van der Waals surface area contributed by atoms with Crippen molar-refractivity contribution in [1.29, 1.82) is 0 Å². The van der Waals surface area contributed by atoms with Gasteiger partial charge < -0.3 is 14.2 Å². The molecule has 7 heteroatoms. The highest BCUT2D eigenvalue weighted by Gasteiger charge is 2.28. The molecule has 1 aliphatic rings. The van der Waals surface area contributed by atoms with Crippen molar-refractivity contribution in [2.75, 3.05) is 20.2 Å². The number of carbonyl (C=O) groups is 1. The summed E-state index contributed by atoms with van der Waals surface area (Å²) in [5.74, 6) is 0.771. The van der Waals surface area contributed by atoms with Crippen LogP contribution in [0, 0.1) is 0 Å². The van der Waals surface area contributed by atoms with Crippen molar-refractivity contribution < 1.29 is 9.53 Å². The van der Waals surface area contributed by atoms with Crippen molar-refractivity contribution in [3.8, 4) is 17.0 Å². The summed E-state index contributed by atoms with van der Waals surface area (Å²) in [7, 11) is 1.63. The topological polar surface area (TPSA) is 76.0 Å². The summed E-state index contributed by atoms with van der Waals surface area (Å²) in [6.07, 6.45) is 6.44. The Morgan fingerprint density at radius 1 is 1.32 bits per heavy atom. The molecule has 0 radical (unpaired) electrons. The predicted molar refractivity (Wildman–Crippen MR) is 92.4 cm³/mol. The van der Waals surface area contributed by atoms with E-state index in [2.05, 4.69) is 19.7 Å². The quantitative estimate of drug-likeness (QED) is 0.793. The van der Waals surface area contributed by atoms with Crippen molar-refractivity contribution >= 4 is 5.91 Å². The highest BCUT2D eigenvalue weighted by Crippen LogP contribution is 2.25. The monoisotopic (exact) mass is 337 g/mol. The smallest absolute Gasteiger partial charge is 0.271 e. The summed E-state index contributed by atoms with van der Waals surface area (Å²) in [6.45, 7) is 1.42. The zero-order valence-electron chi connectivity index (χ0n) is 13.9. The first kappa shape index (κ1) is 15.4. The van der Waals surface area contributed by atoms with Crippen LogP contribution < -0.4 is 4.74 Å². The van der Waals surface area contributed by atoms with E-state index < -0.39 is 0 Å². The van der Waals surface area contributed by atoms with Crippen LogP contribution in [0.15, 0.2) is 49.1 Å². The normalized spacial score (nSPS) is 17.0. The van der Waals surface area contributed by atoms with Crippen LogP contribution in [-0.4, -0.2) is 50.8 Å². The van der Waals surface area contributed by atoms with E-state index >= 15 is 0 Å². The average molecular weight is 337 g/mol. The van der Waals surface area contributed by atoms with Gasteiger partial charge in [-0.1, -0.05) is 0 Å². The first-order valence-corrected chi connectivity index (χ1v) is 8.21. The zero-order chi connectivity index (χ0) is 17.2. The molecule has 2 aromatic heterocycles. The lowest BCUT2D eigenvalue weighted by Gasteiger charge is -2.15. The second-order valence-corrected chi connectivity index (χ2v) is 6.10. The van der Waals surface area contributed by atoms with Gasteiger partial charge in [0.15, 0.2) is 0 Å². The van der Waals surface area contributed by atoms with Gasteiger partial charge >= 0.3 is 0 Å². The van der Waals surface area contributed by atoms with Gasteiger partial charge in [-0.25, -0.2) is 4.98 Å². The SMILES string of the molecule is COc1ccc(-c2cc(C(=O)N3CC[C@H](n4ccnc4)C3)[nH]n2)cc1. The molecule has 4 rings (SSSR count). The summed E-state index contributed by atoms with van der Waals surface area (Å²) in [6, 6.07) is 9.69. The summed E-state index contributed by atoms with van der Waals surface area (Å²) in [4.78, 5) is 18.7. The van der Waals surface area contributed by atoms with E-state index in [4.69, 9.17) is 4.74 Å². The van der Waals surface area contributed by atoms with E-state index in [1.165, 1.54) is 0 Å². The fraction of sp³-hybridized carbons (Fsp3) is 0.278. The number of benzene rings is 1. The van der Waals surface area contributed by atoms with Crippen LogP contribution in [0.5, 0.6) is 5.75 Å². The number of nitrogens with one attached hydrogen (secondary N) is 1. The molecule has 0 bridgehead atoms. The Bertz CT molecular complexity index is 854. The molecule has 0 saturated carbocycles. The third kappa shape index (κ3) is 3.00. The summed E-state index contributed by atoms with van der Waals surface area (Å²) in [5, 5.41) is 7.14. The van der Waals surface area contributed by atoms with Gasteiger partial charge in [0.1, 0.15) is 11.4 Å². The van der Waals surface area contributed by atoms with Gasteiger partial charge in [-0.2, -0.15) is 5.10 Å². The number of nitrogens with zero attached hydrogens (tertiary/aromatic N) is 4. The highest BCUT2D eigenvalue weighted by atomic mass is 16.5. The van der Waals surface area contributed by atoms with E-state index in [0.717, 1.165) is 30.0 Å². The Kier molecular flexibility index (Phi) is 3.97. The van der Waals surface area contributed by atoms with Crippen LogP contribution in [0.2, 0.25) is 0 Å². The minimum Gasteiger partial charge on any atom is -0.497 e. The third-order valence-electron chi connectivity index (χ3n) is 4.59. The molecular formula is C18H19N5O2. The second-order valence-electron chi connectivity index (χ2n) is 6.10. The zero-order valence-corrected chi connectivity index (χ0v) is 13.9. The molecule has 3 heterocycles. The molecule has 0 aliphatic carbocycles. The molecular weight excluding hydrogens is 318 g/mol. The van der Waals surface area contributed by atoms with Crippen molar-refractivity contribution in [1.82, 2.24) is 24.6 Å². The summed E-state index contributed by atoms with van der Waals surface area (Å²) < 4.78 is 7.22. The molecule has 0 unspecified atom stereocenters. The molecule has 1 N–H and O–H groups in total. The number of amides is 1. The molecule has 1 aromatic carbocycles. The fourth-order valence-corrected chi connectivity index (χ4v) is 3.17. The van der Waals surface area contributed by atoms with Crippen LogP contribution in [-0.2, 0) is 0 Å². The van der Waals surface area contributed by atoms with Crippen molar-refractivity contribution in [3.05, 3.63) is 54.7 Å². The Hall–Kier alpha value is -3.09. The highest BCUT2D eigenvalue weighted by molar-refractivity contribution is 5.93. The number of likely N-dealkylation sites (tertiary alicyclic amines) is 1. The van der Waals surface area contributed by atoms with Crippen LogP contribution in [0.1, 0.15) is 23.0 Å². The molecule has 1 saturated heterocycles. The number of imidazole rings is 1. The minimum absolute atomic E-state index is 0.0186. The second kappa shape index (κ2) is 6.43. The molecule has 1 amide bonds. The predicted octanol–water partition coefficient (Wildman–Crippen LogP) is 2.37. The molecule has 3 aromatic rings. The lowest BCUT2D eigenvalue weighted by molar-refractivity contribution is 0.0782. The van der Waals surface area contributed by atoms with Crippen LogP contribution in [0.4, 0.5) is 0 Å². The summed E-state index contributed by atoms with van der Waals surface area (Å²) >= 11 is 0. The first-order valence-electron chi connectivity index (χ1n) is 8.21. The van der Waals surface area contributed by atoms with Crippen LogP contribution in [0.3, 0.4) is 0 Å². The van der Waals surface area contributed by atoms with Gasteiger partial charge in [0.2, 0.25) is 0 Å². The van der Waals surface area contributed by atoms with E-state index in [9.17, 15) is 4.79 Å². The molecule has 1 fully saturated rings. The van der Waals surface area contributed by atoms with Crippen LogP contribution >= 0.6 is 0 Å². The number of methoxy groups -OCH3 is 1. The Morgan fingerprint density at radius 3 is 2.88 bits per heavy atom. The van der Waals surface area contributed by atoms with E-state index in [-0.39, 0.29) is 11.9 Å². The number of aromatic amines is 1.